The first-order valence-electron chi connectivity index (χ1n) is 6.46. The summed E-state index contributed by atoms with van der Waals surface area (Å²) in [6, 6.07) is 8.79. The van der Waals surface area contributed by atoms with Crippen LogP contribution >= 0.6 is 23.2 Å². The molecular weight excluding hydrogens is 311 g/mol. The Kier molecular flexibility index (Phi) is 6.26. The van der Waals surface area contributed by atoms with Crippen LogP contribution in [-0.4, -0.2) is 25.2 Å². The molecule has 0 aliphatic rings. The number of methoxy groups -OCH3 is 1. The molecule has 0 aliphatic carbocycles. The van der Waals surface area contributed by atoms with E-state index < -0.39 is 0 Å². The fourth-order valence-corrected chi connectivity index (χ4v) is 2.20. The molecule has 2 rings (SSSR count). The highest BCUT2D eigenvalue weighted by atomic mass is 35.5. The van der Waals surface area contributed by atoms with Crippen molar-refractivity contribution >= 4 is 23.2 Å². The van der Waals surface area contributed by atoms with Gasteiger partial charge in [-0.25, -0.2) is 4.98 Å². The zero-order valence-corrected chi connectivity index (χ0v) is 13.1. The van der Waals surface area contributed by atoms with Crippen molar-refractivity contribution in [3.8, 4) is 11.6 Å². The van der Waals surface area contributed by atoms with Crippen LogP contribution in [0.15, 0.2) is 36.5 Å². The zero-order chi connectivity index (χ0) is 15.1. The van der Waals surface area contributed by atoms with E-state index in [-0.39, 0.29) is 0 Å². The lowest BCUT2D eigenvalue weighted by molar-refractivity contribution is 0.199. The molecule has 0 fully saturated rings. The molecule has 1 heterocycles. The van der Waals surface area contributed by atoms with Gasteiger partial charge in [-0.1, -0.05) is 29.3 Å². The van der Waals surface area contributed by atoms with Crippen molar-refractivity contribution in [2.24, 2.45) is 0 Å². The Morgan fingerprint density at radius 2 is 1.90 bits per heavy atom. The topological polar surface area (TPSA) is 43.4 Å². The fraction of sp³-hybridized carbons (Fsp3) is 0.267. The van der Waals surface area contributed by atoms with E-state index in [1.807, 2.05) is 12.1 Å². The van der Waals surface area contributed by atoms with Gasteiger partial charge in [-0.05, 0) is 23.8 Å². The molecule has 112 valence electrons. The second-order valence-corrected chi connectivity index (χ2v) is 5.25. The molecule has 1 aromatic heterocycles. The maximum Gasteiger partial charge on any atom is 0.219 e. The highest BCUT2D eigenvalue weighted by Gasteiger charge is 2.02. The number of pyridine rings is 1. The van der Waals surface area contributed by atoms with E-state index in [1.54, 1.807) is 31.5 Å². The average Bonchev–Trinajstić information content (AvgIpc) is 2.44. The van der Waals surface area contributed by atoms with Crippen LogP contribution in [0.2, 0.25) is 10.0 Å². The Morgan fingerprint density at radius 3 is 2.52 bits per heavy atom. The SMILES string of the molecule is COCCNCc1ccc(Oc2cc(Cl)cc(Cl)c2)nc1. The predicted octanol–water partition coefficient (Wildman–Crippen LogP) is 3.92. The van der Waals surface area contributed by atoms with E-state index in [0.717, 1.165) is 18.7 Å². The normalized spacial score (nSPS) is 10.6. The van der Waals surface area contributed by atoms with Crippen LogP contribution in [-0.2, 0) is 11.3 Å². The minimum atomic E-state index is 0.494. The highest BCUT2D eigenvalue weighted by molar-refractivity contribution is 6.34. The number of aromatic nitrogens is 1. The van der Waals surface area contributed by atoms with Gasteiger partial charge in [0.1, 0.15) is 5.75 Å². The molecule has 0 saturated heterocycles. The Morgan fingerprint density at radius 1 is 1.14 bits per heavy atom. The van der Waals surface area contributed by atoms with Crippen molar-refractivity contribution in [1.29, 1.82) is 0 Å². The van der Waals surface area contributed by atoms with Crippen molar-refractivity contribution in [1.82, 2.24) is 10.3 Å². The summed E-state index contributed by atoms with van der Waals surface area (Å²) in [6.45, 7) is 2.22. The second kappa shape index (κ2) is 8.20. The lowest BCUT2D eigenvalue weighted by Gasteiger charge is -2.07. The maximum atomic E-state index is 5.92. The number of hydrogen-bond acceptors (Lipinski definition) is 4. The summed E-state index contributed by atoms with van der Waals surface area (Å²) in [7, 11) is 1.68. The van der Waals surface area contributed by atoms with Crippen LogP contribution in [0.5, 0.6) is 11.6 Å². The van der Waals surface area contributed by atoms with E-state index in [0.29, 0.717) is 28.3 Å². The molecule has 21 heavy (non-hydrogen) atoms. The minimum absolute atomic E-state index is 0.494. The number of nitrogens with one attached hydrogen (secondary N) is 1. The largest absolute Gasteiger partial charge is 0.439 e. The molecule has 0 amide bonds. The van der Waals surface area contributed by atoms with Crippen LogP contribution in [0.25, 0.3) is 0 Å². The van der Waals surface area contributed by atoms with E-state index in [9.17, 15) is 0 Å². The average molecular weight is 327 g/mol. The monoisotopic (exact) mass is 326 g/mol. The van der Waals surface area contributed by atoms with Gasteiger partial charge in [-0.3, -0.25) is 0 Å². The van der Waals surface area contributed by atoms with E-state index in [2.05, 4.69) is 10.3 Å². The lowest BCUT2D eigenvalue weighted by atomic mass is 10.3. The summed E-state index contributed by atoms with van der Waals surface area (Å²) in [6.07, 6.45) is 1.77. The zero-order valence-electron chi connectivity index (χ0n) is 11.6. The standard InChI is InChI=1S/C15H16Cl2N2O2/c1-20-5-4-18-9-11-2-3-15(19-10-11)21-14-7-12(16)6-13(17)8-14/h2-3,6-8,10,18H,4-5,9H2,1H3. The second-order valence-electron chi connectivity index (χ2n) is 4.38. The minimum Gasteiger partial charge on any atom is -0.439 e. The van der Waals surface area contributed by atoms with Gasteiger partial charge >= 0.3 is 0 Å². The summed E-state index contributed by atoms with van der Waals surface area (Å²) in [5.74, 6) is 1.06. The summed E-state index contributed by atoms with van der Waals surface area (Å²) >= 11 is 11.8. The van der Waals surface area contributed by atoms with Crippen LogP contribution in [0.1, 0.15) is 5.56 Å². The first-order valence-corrected chi connectivity index (χ1v) is 7.21. The van der Waals surface area contributed by atoms with Crippen LogP contribution in [0.3, 0.4) is 0 Å². The van der Waals surface area contributed by atoms with E-state index >= 15 is 0 Å². The lowest BCUT2D eigenvalue weighted by Crippen LogP contribution is -2.18. The molecule has 2 aromatic rings. The molecule has 0 radical (unpaired) electrons. The van der Waals surface area contributed by atoms with Crippen LogP contribution in [0.4, 0.5) is 0 Å². The third-order valence-electron chi connectivity index (χ3n) is 2.67. The van der Waals surface area contributed by atoms with Crippen molar-refractivity contribution in [2.75, 3.05) is 20.3 Å². The molecule has 0 aliphatic heterocycles. The molecular formula is C15H16Cl2N2O2. The summed E-state index contributed by atoms with van der Waals surface area (Å²) in [4.78, 5) is 4.25. The molecule has 0 saturated carbocycles. The molecule has 4 nitrogen and oxygen atoms in total. The quantitative estimate of drug-likeness (QED) is 0.783. The highest BCUT2D eigenvalue weighted by Crippen LogP contribution is 2.27. The Labute approximate surface area is 134 Å². The summed E-state index contributed by atoms with van der Waals surface area (Å²) < 4.78 is 10.6. The van der Waals surface area contributed by atoms with Gasteiger partial charge in [0.05, 0.1) is 6.61 Å². The van der Waals surface area contributed by atoms with Gasteiger partial charge in [-0.15, -0.1) is 0 Å². The van der Waals surface area contributed by atoms with E-state index in [1.165, 1.54) is 0 Å². The summed E-state index contributed by atoms with van der Waals surface area (Å²) in [5, 5.41) is 4.29. The molecule has 0 atom stereocenters. The van der Waals surface area contributed by atoms with Crippen molar-refractivity contribution in [3.63, 3.8) is 0 Å². The van der Waals surface area contributed by atoms with Crippen LogP contribution < -0.4 is 10.1 Å². The number of rotatable bonds is 7. The molecule has 1 N–H and O–H groups in total. The number of benzene rings is 1. The number of halogens is 2. The molecule has 6 heteroatoms. The van der Waals surface area contributed by atoms with Crippen molar-refractivity contribution in [3.05, 3.63) is 52.1 Å². The smallest absolute Gasteiger partial charge is 0.219 e. The molecule has 0 unspecified atom stereocenters. The van der Waals surface area contributed by atoms with Gasteiger partial charge in [0.2, 0.25) is 5.88 Å². The predicted molar refractivity (Wildman–Crippen MR) is 84.4 cm³/mol. The third kappa shape index (κ3) is 5.52. The van der Waals surface area contributed by atoms with Crippen molar-refractivity contribution in [2.45, 2.75) is 6.54 Å². The first-order chi connectivity index (χ1) is 10.2. The van der Waals surface area contributed by atoms with Gasteiger partial charge < -0.3 is 14.8 Å². The number of nitrogens with zero attached hydrogens (tertiary/aromatic N) is 1. The number of ether oxygens (including phenoxy) is 2. The van der Waals surface area contributed by atoms with Crippen LogP contribution in [0, 0.1) is 0 Å². The maximum absolute atomic E-state index is 5.92. The molecule has 0 spiro atoms. The Balaban J connectivity index is 1.92. The first kappa shape index (κ1) is 16.0. The van der Waals surface area contributed by atoms with E-state index in [4.69, 9.17) is 32.7 Å². The summed E-state index contributed by atoms with van der Waals surface area (Å²) in [5.41, 5.74) is 1.07. The Hall–Kier alpha value is -1.33. The molecule has 0 bridgehead atoms. The third-order valence-corrected chi connectivity index (χ3v) is 3.10. The number of hydrogen-bond donors (Lipinski definition) is 1. The Bertz CT molecular complexity index is 556. The van der Waals surface area contributed by atoms with Gasteiger partial charge in [0, 0.05) is 42.5 Å². The molecule has 1 aromatic carbocycles. The van der Waals surface area contributed by atoms with Crippen molar-refractivity contribution < 1.29 is 9.47 Å². The fourth-order valence-electron chi connectivity index (χ4n) is 1.69. The van der Waals surface area contributed by atoms with Gasteiger partial charge in [-0.2, -0.15) is 0 Å². The van der Waals surface area contributed by atoms with Gasteiger partial charge in [0.25, 0.3) is 0 Å². The van der Waals surface area contributed by atoms with Gasteiger partial charge in [0.15, 0.2) is 0 Å².